The lowest BCUT2D eigenvalue weighted by Crippen LogP contribution is -2.46. The first-order chi connectivity index (χ1) is 12.2. The molecule has 1 saturated heterocycles. The average Bonchev–Trinajstić information content (AvgIpc) is 2.93. The predicted octanol–water partition coefficient (Wildman–Crippen LogP) is 3.31. The molecule has 0 amide bonds. The van der Waals surface area contributed by atoms with Crippen LogP contribution in [-0.2, 0) is 0 Å². The number of hydrogen-bond donors (Lipinski definition) is 2. The molecular weight excluding hydrogens is 383 g/mol. The Kier molecular flexibility index (Phi) is 5.60. The molecule has 3 heterocycles. The van der Waals surface area contributed by atoms with Crippen LogP contribution in [-0.4, -0.2) is 39.1 Å². The number of aryl methyl sites for hydroxylation is 1. The third-order valence-electron chi connectivity index (χ3n) is 5.44. The Morgan fingerprint density at radius 2 is 1.78 bits per heavy atom. The first kappa shape index (κ1) is 19.9. The largest absolute Gasteiger partial charge is 0.355 e. The molecule has 1 aromatic carbocycles. The van der Waals surface area contributed by atoms with Gasteiger partial charge in [0, 0.05) is 36.8 Å². The molecule has 0 atom stereocenters. The van der Waals surface area contributed by atoms with Crippen molar-refractivity contribution in [3.05, 3.63) is 47.7 Å². The molecule has 2 fully saturated rings. The van der Waals surface area contributed by atoms with Gasteiger partial charge in [0.2, 0.25) is 0 Å². The summed E-state index contributed by atoms with van der Waals surface area (Å²) in [4.78, 5) is 19.8. The molecule has 144 valence electrons. The lowest BCUT2D eigenvalue weighted by molar-refractivity contribution is 0.344. The molecule has 1 saturated carbocycles. The van der Waals surface area contributed by atoms with Crippen molar-refractivity contribution >= 4 is 41.7 Å². The summed E-state index contributed by atoms with van der Waals surface area (Å²) < 4.78 is 0. The number of aromatic amines is 1. The van der Waals surface area contributed by atoms with Crippen LogP contribution in [0.3, 0.4) is 0 Å². The van der Waals surface area contributed by atoms with E-state index < -0.39 is 0 Å². The van der Waals surface area contributed by atoms with Gasteiger partial charge in [-0.2, -0.15) is 0 Å². The molecule has 0 spiro atoms. The maximum atomic E-state index is 5.93. The van der Waals surface area contributed by atoms with Gasteiger partial charge < -0.3 is 15.6 Å². The van der Waals surface area contributed by atoms with Gasteiger partial charge in [-0.3, -0.25) is 0 Å². The van der Waals surface area contributed by atoms with Gasteiger partial charge in [-0.25, -0.2) is 15.0 Å². The van der Waals surface area contributed by atoms with E-state index >= 15 is 0 Å². The van der Waals surface area contributed by atoms with Crippen molar-refractivity contribution in [3.8, 4) is 0 Å². The van der Waals surface area contributed by atoms with Crippen molar-refractivity contribution in [1.29, 1.82) is 0 Å². The average molecular weight is 407 g/mol. The van der Waals surface area contributed by atoms with Gasteiger partial charge >= 0.3 is 0 Å². The monoisotopic (exact) mass is 406 g/mol. The number of nitrogens with zero attached hydrogens (tertiary/aromatic N) is 4. The first-order valence-corrected chi connectivity index (χ1v) is 8.96. The molecule has 1 aliphatic carbocycles. The Morgan fingerprint density at radius 3 is 2.48 bits per heavy atom. The van der Waals surface area contributed by atoms with Gasteiger partial charge in [0.25, 0.3) is 0 Å². The summed E-state index contributed by atoms with van der Waals surface area (Å²) >= 11 is 0. The highest BCUT2D eigenvalue weighted by atomic mass is 35.5. The highest BCUT2D eigenvalue weighted by molar-refractivity contribution is 5.85. The fourth-order valence-corrected chi connectivity index (χ4v) is 3.85. The number of imidazole rings is 1. The van der Waals surface area contributed by atoms with Gasteiger partial charge in [0.15, 0.2) is 0 Å². The Balaban J connectivity index is 0.00000105. The molecule has 2 aliphatic rings. The van der Waals surface area contributed by atoms with Crippen LogP contribution < -0.4 is 10.6 Å². The summed E-state index contributed by atoms with van der Waals surface area (Å²) in [7, 11) is 0. The number of fused-ring (bicyclic) bond motifs is 1. The molecule has 3 aromatic rings. The van der Waals surface area contributed by atoms with Crippen molar-refractivity contribution in [2.45, 2.75) is 37.6 Å². The topological polar surface area (TPSA) is 83.7 Å². The summed E-state index contributed by atoms with van der Waals surface area (Å²) in [5.41, 5.74) is 9.23. The Bertz CT molecular complexity index is 898. The van der Waals surface area contributed by atoms with E-state index in [2.05, 4.69) is 38.1 Å². The Labute approximate surface area is 170 Å². The Hall–Kier alpha value is -1.89. The minimum absolute atomic E-state index is 0. The van der Waals surface area contributed by atoms with Crippen molar-refractivity contribution in [3.63, 3.8) is 0 Å². The second-order valence-electron chi connectivity index (χ2n) is 7.37. The molecule has 5 rings (SSSR count). The standard InChI is InChI=1S/C19H22N6.2ClH/c1-11-21-17(12-6-14(20)7-12)8-18(22-11)25-9-13(10-25)19-23-15-4-2-3-5-16(15)24-19;;/h2-5,8,12-14H,6-7,9-10,20H2,1H3,(H,23,24);2*1H. The maximum absolute atomic E-state index is 5.93. The normalized spacial score (nSPS) is 21.8. The van der Waals surface area contributed by atoms with Gasteiger partial charge in [0.1, 0.15) is 17.5 Å². The van der Waals surface area contributed by atoms with Gasteiger partial charge in [-0.1, -0.05) is 12.1 Å². The minimum Gasteiger partial charge on any atom is -0.355 e. The van der Waals surface area contributed by atoms with Crippen molar-refractivity contribution in [2.75, 3.05) is 18.0 Å². The zero-order valence-electron chi connectivity index (χ0n) is 15.1. The van der Waals surface area contributed by atoms with Crippen LogP contribution in [0.25, 0.3) is 11.0 Å². The molecule has 0 radical (unpaired) electrons. The van der Waals surface area contributed by atoms with Crippen molar-refractivity contribution < 1.29 is 0 Å². The molecule has 8 heteroatoms. The highest BCUT2D eigenvalue weighted by Gasteiger charge is 2.33. The van der Waals surface area contributed by atoms with E-state index in [1.54, 1.807) is 0 Å². The van der Waals surface area contributed by atoms with E-state index in [4.69, 9.17) is 10.7 Å². The second kappa shape index (κ2) is 7.62. The summed E-state index contributed by atoms with van der Waals surface area (Å²) in [5, 5.41) is 0. The maximum Gasteiger partial charge on any atom is 0.132 e. The third kappa shape index (κ3) is 3.61. The smallest absolute Gasteiger partial charge is 0.132 e. The van der Waals surface area contributed by atoms with E-state index in [1.807, 2.05) is 19.1 Å². The van der Waals surface area contributed by atoms with Crippen molar-refractivity contribution in [2.24, 2.45) is 5.73 Å². The van der Waals surface area contributed by atoms with Gasteiger partial charge in [0.05, 0.1) is 17.0 Å². The van der Waals surface area contributed by atoms with Crippen LogP contribution >= 0.6 is 24.8 Å². The molecule has 0 bridgehead atoms. The summed E-state index contributed by atoms with van der Waals surface area (Å²) in [5.74, 6) is 3.90. The van der Waals surface area contributed by atoms with Crippen LogP contribution in [0.2, 0.25) is 0 Å². The quantitative estimate of drug-likeness (QED) is 0.696. The summed E-state index contributed by atoms with van der Waals surface area (Å²) in [6, 6.07) is 10.7. The van der Waals surface area contributed by atoms with Crippen LogP contribution in [0, 0.1) is 6.92 Å². The second-order valence-corrected chi connectivity index (χ2v) is 7.37. The number of benzene rings is 1. The SMILES string of the molecule is Cc1nc(C2CC(N)C2)cc(N2CC(c3nc4ccccc4[nH]3)C2)n1.Cl.Cl. The number of anilines is 1. The van der Waals surface area contributed by atoms with E-state index in [0.717, 1.165) is 60.1 Å². The number of nitrogens with one attached hydrogen (secondary N) is 1. The predicted molar refractivity (Wildman–Crippen MR) is 112 cm³/mol. The number of H-pyrrole nitrogens is 1. The lowest BCUT2D eigenvalue weighted by Gasteiger charge is -2.40. The van der Waals surface area contributed by atoms with E-state index in [9.17, 15) is 0 Å². The zero-order valence-corrected chi connectivity index (χ0v) is 16.8. The van der Waals surface area contributed by atoms with Crippen LogP contribution in [0.1, 0.15) is 42.0 Å². The number of aromatic nitrogens is 4. The number of halogens is 2. The van der Waals surface area contributed by atoms with E-state index in [0.29, 0.717) is 17.9 Å². The molecule has 6 nitrogen and oxygen atoms in total. The van der Waals surface area contributed by atoms with E-state index in [1.165, 1.54) is 0 Å². The summed E-state index contributed by atoms with van der Waals surface area (Å²) in [6.07, 6.45) is 2.08. The number of nitrogens with two attached hydrogens (primary N) is 1. The van der Waals surface area contributed by atoms with Crippen LogP contribution in [0.5, 0.6) is 0 Å². The van der Waals surface area contributed by atoms with Crippen LogP contribution in [0.4, 0.5) is 5.82 Å². The fraction of sp³-hybridized carbons (Fsp3) is 0.421. The van der Waals surface area contributed by atoms with Crippen molar-refractivity contribution in [1.82, 2.24) is 19.9 Å². The number of para-hydroxylation sites is 2. The lowest BCUT2D eigenvalue weighted by atomic mass is 9.78. The van der Waals surface area contributed by atoms with Gasteiger partial charge in [-0.05, 0) is 31.9 Å². The number of hydrogen-bond acceptors (Lipinski definition) is 5. The summed E-state index contributed by atoms with van der Waals surface area (Å²) in [6.45, 7) is 3.86. The minimum atomic E-state index is 0. The molecule has 2 aromatic heterocycles. The van der Waals surface area contributed by atoms with Crippen LogP contribution in [0.15, 0.2) is 30.3 Å². The molecule has 0 unspecified atom stereocenters. The van der Waals surface area contributed by atoms with Gasteiger partial charge in [-0.15, -0.1) is 24.8 Å². The fourth-order valence-electron chi connectivity index (χ4n) is 3.85. The highest BCUT2D eigenvalue weighted by Crippen LogP contribution is 2.37. The molecular formula is C19H24Cl2N6. The van der Waals surface area contributed by atoms with E-state index in [-0.39, 0.29) is 24.8 Å². The molecule has 1 aliphatic heterocycles. The Morgan fingerprint density at radius 1 is 1.04 bits per heavy atom. The number of rotatable bonds is 3. The zero-order chi connectivity index (χ0) is 17.0. The first-order valence-electron chi connectivity index (χ1n) is 8.96. The molecule has 3 N–H and O–H groups in total. The third-order valence-corrected chi connectivity index (χ3v) is 5.44. The molecule has 27 heavy (non-hydrogen) atoms.